The van der Waals surface area contributed by atoms with E-state index in [1.54, 1.807) is 13.0 Å². The number of hydrogen-bond donors (Lipinski definition) is 2. The van der Waals surface area contributed by atoms with Crippen molar-refractivity contribution in [2.45, 2.75) is 11.8 Å². The molecule has 0 saturated carbocycles. The van der Waals surface area contributed by atoms with E-state index in [4.69, 9.17) is 11.6 Å². The fourth-order valence-electron chi connectivity index (χ4n) is 2.41. The van der Waals surface area contributed by atoms with E-state index in [0.29, 0.717) is 11.4 Å². The molecule has 0 unspecified atom stereocenters. The lowest BCUT2D eigenvalue weighted by Crippen LogP contribution is -2.15. The molecule has 0 saturated heterocycles. The summed E-state index contributed by atoms with van der Waals surface area (Å²) < 4.78 is 40.9. The molecule has 0 atom stereocenters. The molecule has 0 radical (unpaired) electrons. The van der Waals surface area contributed by atoms with E-state index in [2.05, 4.69) is 20.0 Å². The maximum Gasteiger partial charge on any atom is 0.264 e. The minimum atomic E-state index is -3.89. The number of aromatic nitrogens is 2. The molecular formula is C20H16ClFN4O3S. The number of amides is 1. The molecule has 2 aromatic carbocycles. The minimum absolute atomic E-state index is 0.0284. The molecular weight excluding hydrogens is 431 g/mol. The van der Waals surface area contributed by atoms with Crippen molar-refractivity contribution in [1.29, 1.82) is 0 Å². The monoisotopic (exact) mass is 446 g/mol. The number of halogens is 2. The van der Waals surface area contributed by atoms with E-state index in [0.717, 1.165) is 6.08 Å². The van der Waals surface area contributed by atoms with Gasteiger partial charge in [0.05, 0.1) is 9.92 Å². The first kappa shape index (κ1) is 21.4. The Morgan fingerprint density at radius 1 is 1.13 bits per heavy atom. The molecule has 30 heavy (non-hydrogen) atoms. The van der Waals surface area contributed by atoms with Crippen LogP contribution in [0.2, 0.25) is 5.02 Å². The van der Waals surface area contributed by atoms with E-state index in [1.807, 2.05) is 0 Å². The van der Waals surface area contributed by atoms with Gasteiger partial charge in [-0.05, 0) is 55.5 Å². The SMILES string of the molecule is Cc1ccnc(NS(=O)(=O)c2ccc(NC(=O)/C=C/c3c(F)cccc3Cl)cc2)n1. The molecule has 1 aromatic heterocycles. The third kappa shape index (κ3) is 5.40. The minimum Gasteiger partial charge on any atom is -0.323 e. The van der Waals surface area contributed by atoms with Crippen LogP contribution in [0, 0.1) is 12.7 Å². The maximum atomic E-state index is 13.7. The Labute approximate surface area is 177 Å². The van der Waals surface area contributed by atoms with Gasteiger partial charge in [0.25, 0.3) is 10.0 Å². The summed E-state index contributed by atoms with van der Waals surface area (Å²) in [6.45, 7) is 1.71. The first-order valence-corrected chi connectivity index (χ1v) is 10.5. The first-order chi connectivity index (χ1) is 14.2. The molecule has 1 heterocycles. The molecule has 0 spiro atoms. The highest BCUT2D eigenvalue weighted by molar-refractivity contribution is 7.92. The highest BCUT2D eigenvalue weighted by atomic mass is 35.5. The highest BCUT2D eigenvalue weighted by Crippen LogP contribution is 2.21. The Hall–Kier alpha value is -3.30. The number of carbonyl (C=O) groups is 1. The van der Waals surface area contributed by atoms with Crippen LogP contribution in [0.4, 0.5) is 16.0 Å². The standard InChI is InChI=1S/C20H16ClFN4O3S/c1-13-11-12-23-20(24-13)26-30(28,29)15-7-5-14(6-8-15)25-19(27)10-9-16-17(21)3-2-4-18(16)22/h2-12H,1H3,(H,25,27)(H,23,24,26)/b10-9+. The van der Waals surface area contributed by atoms with Crippen LogP contribution in [0.25, 0.3) is 6.08 Å². The lowest BCUT2D eigenvalue weighted by atomic mass is 10.2. The number of hydrogen-bond acceptors (Lipinski definition) is 5. The van der Waals surface area contributed by atoms with E-state index < -0.39 is 21.7 Å². The summed E-state index contributed by atoms with van der Waals surface area (Å²) >= 11 is 5.91. The van der Waals surface area contributed by atoms with Crippen molar-refractivity contribution in [3.8, 4) is 0 Å². The average Bonchev–Trinajstić information content (AvgIpc) is 2.68. The zero-order valence-electron chi connectivity index (χ0n) is 15.6. The third-order valence-corrected chi connectivity index (χ3v) is 5.53. The second-order valence-corrected chi connectivity index (χ2v) is 8.20. The Kier molecular flexibility index (Phi) is 6.43. The summed E-state index contributed by atoms with van der Waals surface area (Å²) in [6, 6.07) is 11.3. The largest absolute Gasteiger partial charge is 0.323 e. The number of aryl methyl sites for hydroxylation is 1. The Morgan fingerprint density at radius 2 is 1.87 bits per heavy atom. The average molecular weight is 447 g/mol. The van der Waals surface area contributed by atoms with Crippen molar-refractivity contribution in [2.75, 3.05) is 10.0 Å². The van der Waals surface area contributed by atoms with Crippen molar-refractivity contribution in [1.82, 2.24) is 9.97 Å². The van der Waals surface area contributed by atoms with Crippen molar-refractivity contribution in [3.63, 3.8) is 0 Å². The van der Waals surface area contributed by atoms with Gasteiger partial charge in [-0.1, -0.05) is 17.7 Å². The lowest BCUT2D eigenvalue weighted by molar-refractivity contribution is -0.111. The number of nitrogens with zero attached hydrogens (tertiary/aromatic N) is 2. The van der Waals surface area contributed by atoms with Crippen molar-refractivity contribution in [3.05, 3.63) is 82.9 Å². The van der Waals surface area contributed by atoms with Crippen molar-refractivity contribution >= 4 is 45.2 Å². The number of rotatable bonds is 6. The van der Waals surface area contributed by atoms with Gasteiger partial charge in [-0.25, -0.2) is 27.5 Å². The number of anilines is 2. The Bertz CT molecular complexity index is 1190. The van der Waals surface area contributed by atoms with E-state index in [-0.39, 0.29) is 21.4 Å². The first-order valence-electron chi connectivity index (χ1n) is 8.60. The lowest BCUT2D eigenvalue weighted by Gasteiger charge is -2.08. The van der Waals surface area contributed by atoms with Crippen LogP contribution < -0.4 is 10.0 Å². The quantitative estimate of drug-likeness (QED) is 0.557. The summed E-state index contributed by atoms with van der Waals surface area (Å²) in [5, 5.41) is 2.74. The van der Waals surface area contributed by atoms with Gasteiger partial charge >= 0.3 is 0 Å². The summed E-state index contributed by atoms with van der Waals surface area (Å²) in [6.07, 6.45) is 3.84. The van der Waals surface area contributed by atoms with Gasteiger partial charge in [0, 0.05) is 29.2 Å². The number of benzene rings is 2. The van der Waals surface area contributed by atoms with Gasteiger partial charge < -0.3 is 5.32 Å². The molecule has 10 heteroatoms. The molecule has 0 bridgehead atoms. The second-order valence-electron chi connectivity index (χ2n) is 6.11. The number of sulfonamides is 1. The molecule has 0 aliphatic heterocycles. The molecule has 0 aliphatic carbocycles. The number of nitrogens with one attached hydrogen (secondary N) is 2. The van der Waals surface area contributed by atoms with Crippen LogP contribution in [-0.4, -0.2) is 24.3 Å². The molecule has 1 amide bonds. The molecule has 0 aliphatic rings. The topological polar surface area (TPSA) is 101 Å². The van der Waals surface area contributed by atoms with Gasteiger partial charge in [0.2, 0.25) is 11.9 Å². The number of carbonyl (C=O) groups excluding carboxylic acids is 1. The van der Waals surface area contributed by atoms with Gasteiger partial charge in [-0.3, -0.25) is 4.79 Å². The van der Waals surface area contributed by atoms with Gasteiger partial charge in [-0.2, -0.15) is 0 Å². The van der Waals surface area contributed by atoms with Gasteiger partial charge in [0.15, 0.2) is 0 Å². The molecule has 154 valence electrons. The van der Waals surface area contributed by atoms with Crippen LogP contribution in [-0.2, 0) is 14.8 Å². The molecule has 7 nitrogen and oxygen atoms in total. The van der Waals surface area contributed by atoms with Crippen molar-refractivity contribution < 1.29 is 17.6 Å². The molecule has 0 fully saturated rings. The smallest absolute Gasteiger partial charge is 0.264 e. The zero-order chi connectivity index (χ0) is 21.7. The van der Waals surface area contributed by atoms with E-state index in [1.165, 1.54) is 54.7 Å². The van der Waals surface area contributed by atoms with Crippen molar-refractivity contribution in [2.24, 2.45) is 0 Å². The van der Waals surface area contributed by atoms with Gasteiger partial charge in [-0.15, -0.1) is 0 Å². The predicted molar refractivity (Wildman–Crippen MR) is 113 cm³/mol. The maximum absolute atomic E-state index is 13.7. The molecule has 3 rings (SSSR count). The fraction of sp³-hybridized carbons (Fsp3) is 0.0500. The second kappa shape index (κ2) is 9.02. The molecule has 3 aromatic rings. The Balaban J connectivity index is 1.68. The van der Waals surface area contributed by atoms with Crippen LogP contribution >= 0.6 is 11.6 Å². The normalized spacial score (nSPS) is 11.4. The molecule has 2 N–H and O–H groups in total. The van der Waals surface area contributed by atoms with Gasteiger partial charge in [0.1, 0.15) is 5.82 Å². The predicted octanol–water partition coefficient (Wildman–Crippen LogP) is 4.03. The zero-order valence-corrected chi connectivity index (χ0v) is 17.2. The van der Waals surface area contributed by atoms with E-state index in [9.17, 15) is 17.6 Å². The van der Waals surface area contributed by atoms with Crippen LogP contribution in [0.3, 0.4) is 0 Å². The third-order valence-electron chi connectivity index (χ3n) is 3.85. The van der Waals surface area contributed by atoms with Crippen LogP contribution in [0.5, 0.6) is 0 Å². The van der Waals surface area contributed by atoms with Crippen LogP contribution in [0.15, 0.2) is 65.7 Å². The summed E-state index contributed by atoms with van der Waals surface area (Å²) in [4.78, 5) is 19.9. The summed E-state index contributed by atoms with van der Waals surface area (Å²) in [7, 11) is -3.89. The highest BCUT2D eigenvalue weighted by Gasteiger charge is 2.15. The van der Waals surface area contributed by atoms with E-state index >= 15 is 0 Å². The summed E-state index contributed by atoms with van der Waals surface area (Å²) in [5.74, 6) is -1.12. The van der Waals surface area contributed by atoms with Crippen LogP contribution in [0.1, 0.15) is 11.3 Å². The Morgan fingerprint density at radius 3 is 2.53 bits per heavy atom. The summed E-state index contributed by atoms with van der Waals surface area (Å²) in [5.41, 5.74) is 1.07. The fourth-order valence-corrected chi connectivity index (χ4v) is 3.58.